The van der Waals surface area contributed by atoms with Crippen LogP contribution in [0.15, 0.2) is 33.6 Å². The van der Waals surface area contributed by atoms with E-state index in [1.54, 1.807) is 12.4 Å². The lowest BCUT2D eigenvalue weighted by Gasteiger charge is -2.29. The molecular formula is C16H18N6O2. The van der Waals surface area contributed by atoms with E-state index in [4.69, 9.17) is 9.05 Å². The smallest absolute Gasteiger partial charge is 0.241 e. The second kappa shape index (κ2) is 6.48. The molecule has 4 rings (SSSR count). The van der Waals surface area contributed by atoms with Crippen molar-refractivity contribution in [2.75, 3.05) is 13.1 Å². The molecular weight excluding hydrogens is 308 g/mol. The molecule has 0 N–H and O–H groups in total. The predicted octanol–water partition coefficient (Wildman–Crippen LogP) is 2.20. The molecule has 3 aromatic rings. The largest absolute Gasteiger partial charge is 0.340 e. The molecule has 0 radical (unpaired) electrons. The molecule has 24 heavy (non-hydrogen) atoms. The van der Waals surface area contributed by atoms with Gasteiger partial charge in [-0.2, -0.15) is 9.97 Å². The summed E-state index contributed by atoms with van der Waals surface area (Å²) < 4.78 is 10.5. The number of likely N-dealkylation sites (tertiary alicyclic amines) is 1. The Labute approximate surface area is 138 Å². The van der Waals surface area contributed by atoms with Crippen molar-refractivity contribution >= 4 is 0 Å². The first kappa shape index (κ1) is 14.9. The molecule has 4 heterocycles. The van der Waals surface area contributed by atoms with E-state index in [9.17, 15) is 0 Å². The number of hydrogen-bond acceptors (Lipinski definition) is 8. The standard InChI is InChI=1S/C16H18N6O2/c1-11-18-16(20-23-11)13-5-3-7-22(9-13)10-14-19-15(21-24-14)12-4-2-6-17-8-12/h2,4,6,8,13H,3,5,7,9-10H2,1H3/t13-/m1/s1. The summed E-state index contributed by atoms with van der Waals surface area (Å²) in [4.78, 5) is 15.2. The average molecular weight is 326 g/mol. The number of aromatic nitrogens is 5. The zero-order chi connectivity index (χ0) is 16.4. The van der Waals surface area contributed by atoms with Crippen molar-refractivity contribution in [3.63, 3.8) is 0 Å². The fraction of sp³-hybridized carbons (Fsp3) is 0.438. The van der Waals surface area contributed by atoms with Gasteiger partial charge in [-0.3, -0.25) is 9.88 Å². The molecule has 0 unspecified atom stereocenters. The molecule has 1 fully saturated rings. The Morgan fingerprint density at radius 1 is 1.25 bits per heavy atom. The van der Waals surface area contributed by atoms with E-state index in [-0.39, 0.29) is 5.92 Å². The Morgan fingerprint density at radius 3 is 3.00 bits per heavy atom. The minimum absolute atomic E-state index is 0.289. The highest BCUT2D eigenvalue weighted by molar-refractivity contribution is 5.51. The molecule has 0 saturated carbocycles. The molecule has 1 aliphatic heterocycles. The minimum Gasteiger partial charge on any atom is -0.340 e. The van der Waals surface area contributed by atoms with Gasteiger partial charge in [-0.15, -0.1) is 0 Å². The van der Waals surface area contributed by atoms with Crippen LogP contribution in [0.25, 0.3) is 11.4 Å². The van der Waals surface area contributed by atoms with Gasteiger partial charge in [0, 0.05) is 37.3 Å². The van der Waals surface area contributed by atoms with Gasteiger partial charge < -0.3 is 9.05 Å². The average Bonchev–Trinajstić information content (AvgIpc) is 3.25. The topological polar surface area (TPSA) is 94.0 Å². The van der Waals surface area contributed by atoms with Crippen molar-refractivity contribution in [3.05, 3.63) is 42.1 Å². The van der Waals surface area contributed by atoms with Gasteiger partial charge in [0.1, 0.15) is 0 Å². The van der Waals surface area contributed by atoms with Crippen molar-refractivity contribution in [1.29, 1.82) is 0 Å². The second-order valence-corrected chi connectivity index (χ2v) is 6.00. The maximum Gasteiger partial charge on any atom is 0.241 e. The molecule has 0 bridgehead atoms. The molecule has 0 spiro atoms. The number of aryl methyl sites for hydroxylation is 1. The molecule has 8 heteroatoms. The Balaban J connectivity index is 1.43. The Bertz CT molecular complexity index is 800. The van der Waals surface area contributed by atoms with E-state index < -0.39 is 0 Å². The van der Waals surface area contributed by atoms with Crippen molar-refractivity contribution in [3.8, 4) is 11.4 Å². The molecule has 0 aromatic carbocycles. The number of hydrogen-bond donors (Lipinski definition) is 0. The van der Waals surface area contributed by atoms with Gasteiger partial charge >= 0.3 is 0 Å². The molecule has 1 atom stereocenters. The Hall–Kier alpha value is -2.61. The van der Waals surface area contributed by atoms with Crippen LogP contribution in [-0.4, -0.2) is 43.3 Å². The predicted molar refractivity (Wildman–Crippen MR) is 83.8 cm³/mol. The molecule has 3 aromatic heterocycles. The van der Waals surface area contributed by atoms with Crippen LogP contribution in [0.2, 0.25) is 0 Å². The zero-order valence-electron chi connectivity index (χ0n) is 13.4. The lowest BCUT2D eigenvalue weighted by atomic mass is 9.97. The number of rotatable bonds is 4. The van der Waals surface area contributed by atoms with Gasteiger partial charge in [-0.1, -0.05) is 10.3 Å². The maximum absolute atomic E-state index is 5.39. The third-order valence-electron chi connectivity index (χ3n) is 4.16. The summed E-state index contributed by atoms with van der Waals surface area (Å²) in [5.41, 5.74) is 0.853. The third-order valence-corrected chi connectivity index (χ3v) is 4.16. The SMILES string of the molecule is Cc1nc([C@@H]2CCCN(Cc3nc(-c4cccnc4)no3)C2)no1. The summed E-state index contributed by atoms with van der Waals surface area (Å²) in [7, 11) is 0. The normalized spacial score (nSPS) is 18.8. The molecule has 0 amide bonds. The summed E-state index contributed by atoms with van der Waals surface area (Å²) >= 11 is 0. The van der Waals surface area contributed by atoms with E-state index >= 15 is 0 Å². The van der Waals surface area contributed by atoms with Gasteiger partial charge in [0.2, 0.25) is 17.6 Å². The van der Waals surface area contributed by atoms with E-state index in [0.717, 1.165) is 37.3 Å². The lowest BCUT2D eigenvalue weighted by molar-refractivity contribution is 0.173. The van der Waals surface area contributed by atoms with E-state index in [1.165, 1.54) is 0 Å². The van der Waals surface area contributed by atoms with Gasteiger partial charge in [0.05, 0.1) is 6.54 Å². The van der Waals surface area contributed by atoms with Crippen LogP contribution in [0.4, 0.5) is 0 Å². The quantitative estimate of drug-likeness (QED) is 0.720. The summed E-state index contributed by atoms with van der Waals surface area (Å²) in [6.45, 7) is 4.30. The van der Waals surface area contributed by atoms with Crippen molar-refractivity contribution in [2.45, 2.75) is 32.2 Å². The van der Waals surface area contributed by atoms with Crippen LogP contribution in [-0.2, 0) is 6.54 Å². The molecule has 124 valence electrons. The number of nitrogens with zero attached hydrogens (tertiary/aromatic N) is 6. The van der Waals surface area contributed by atoms with Crippen LogP contribution in [0.5, 0.6) is 0 Å². The van der Waals surface area contributed by atoms with Crippen LogP contribution in [0.3, 0.4) is 0 Å². The summed E-state index contributed by atoms with van der Waals surface area (Å²) in [6, 6.07) is 3.77. The highest BCUT2D eigenvalue weighted by Gasteiger charge is 2.26. The van der Waals surface area contributed by atoms with Gasteiger partial charge in [-0.25, -0.2) is 0 Å². The summed E-state index contributed by atoms with van der Waals surface area (Å²) in [6.07, 6.45) is 5.60. The lowest BCUT2D eigenvalue weighted by Crippen LogP contribution is -2.34. The Kier molecular flexibility index (Phi) is 4.04. The van der Waals surface area contributed by atoms with Crippen LogP contribution >= 0.6 is 0 Å². The van der Waals surface area contributed by atoms with E-state index in [2.05, 4.69) is 30.2 Å². The number of piperidine rings is 1. The number of pyridine rings is 1. The highest BCUT2D eigenvalue weighted by Crippen LogP contribution is 2.26. The first-order valence-corrected chi connectivity index (χ1v) is 8.03. The first-order valence-electron chi connectivity index (χ1n) is 8.03. The minimum atomic E-state index is 0.289. The van der Waals surface area contributed by atoms with Crippen LogP contribution < -0.4 is 0 Å². The Morgan fingerprint density at radius 2 is 2.21 bits per heavy atom. The van der Waals surface area contributed by atoms with Gasteiger partial charge in [0.15, 0.2) is 5.82 Å². The van der Waals surface area contributed by atoms with E-state index in [0.29, 0.717) is 24.2 Å². The van der Waals surface area contributed by atoms with Crippen molar-refractivity contribution in [2.24, 2.45) is 0 Å². The zero-order valence-corrected chi connectivity index (χ0v) is 13.4. The van der Waals surface area contributed by atoms with Crippen LogP contribution in [0, 0.1) is 6.92 Å². The molecule has 8 nitrogen and oxygen atoms in total. The van der Waals surface area contributed by atoms with Gasteiger partial charge in [0.25, 0.3) is 0 Å². The third kappa shape index (κ3) is 3.18. The molecule has 1 aliphatic rings. The van der Waals surface area contributed by atoms with Crippen molar-refractivity contribution in [1.82, 2.24) is 30.2 Å². The maximum atomic E-state index is 5.39. The van der Waals surface area contributed by atoms with Crippen molar-refractivity contribution < 1.29 is 9.05 Å². The van der Waals surface area contributed by atoms with Gasteiger partial charge in [-0.05, 0) is 31.5 Å². The molecule has 0 aliphatic carbocycles. The summed E-state index contributed by atoms with van der Waals surface area (Å²) in [5, 5.41) is 8.09. The first-order chi connectivity index (χ1) is 11.8. The fourth-order valence-corrected chi connectivity index (χ4v) is 3.01. The van der Waals surface area contributed by atoms with Crippen LogP contribution in [0.1, 0.15) is 36.4 Å². The molecule has 1 saturated heterocycles. The van der Waals surface area contributed by atoms with E-state index in [1.807, 2.05) is 19.1 Å². The monoisotopic (exact) mass is 326 g/mol. The summed E-state index contributed by atoms with van der Waals surface area (Å²) in [5.74, 6) is 2.87. The second-order valence-electron chi connectivity index (χ2n) is 6.00. The fourth-order valence-electron chi connectivity index (χ4n) is 3.01. The highest BCUT2D eigenvalue weighted by atomic mass is 16.5.